The van der Waals surface area contributed by atoms with E-state index in [1.807, 2.05) is 0 Å². The zero-order valence-corrected chi connectivity index (χ0v) is 17.3. The van der Waals surface area contributed by atoms with Gasteiger partial charge < -0.3 is 9.73 Å². The summed E-state index contributed by atoms with van der Waals surface area (Å²) in [7, 11) is -7.60. The molecule has 1 aromatic carbocycles. The predicted octanol–water partition coefficient (Wildman–Crippen LogP) is 1.74. The fourth-order valence-corrected chi connectivity index (χ4v) is 5.32. The highest BCUT2D eigenvalue weighted by Gasteiger charge is 2.18. The van der Waals surface area contributed by atoms with Gasteiger partial charge in [0, 0.05) is 5.69 Å². The van der Waals surface area contributed by atoms with Gasteiger partial charge in [-0.1, -0.05) is 12.1 Å². The largest absolute Gasteiger partial charge is 0.468 e. The molecule has 3 rings (SSSR count). The second-order valence-electron chi connectivity index (χ2n) is 5.74. The van der Waals surface area contributed by atoms with Crippen LogP contribution in [0.25, 0.3) is 0 Å². The Labute approximate surface area is 171 Å². The Morgan fingerprint density at radius 1 is 0.966 bits per heavy atom. The number of carbonyl (C=O) groups is 1. The molecule has 1 amide bonds. The standard InChI is InChI=1S/C17H17N3O6S3/c21-16(12-19-29(24,25)17-7-3-9-27-17)20-13-4-1-6-15(10-13)28(22,23)18-11-14-5-2-8-26-14/h1-10,18-19H,11-12H2,(H,20,21). The minimum Gasteiger partial charge on any atom is -0.468 e. The first-order valence-electron chi connectivity index (χ1n) is 8.21. The Balaban J connectivity index is 1.61. The summed E-state index contributed by atoms with van der Waals surface area (Å²) in [6.45, 7) is -0.510. The number of benzene rings is 1. The van der Waals surface area contributed by atoms with Crippen LogP contribution in [0.1, 0.15) is 5.76 Å². The lowest BCUT2D eigenvalue weighted by Crippen LogP contribution is -2.32. The molecule has 0 aliphatic rings. The van der Waals surface area contributed by atoms with Crippen LogP contribution in [0.15, 0.2) is 73.7 Å². The summed E-state index contributed by atoms with van der Waals surface area (Å²) < 4.78 is 58.6. The molecule has 3 N–H and O–H groups in total. The zero-order valence-electron chi connectivity index (χ0n) is 14.9. The fraction of sp³-hybridized carbons (Fsp3) is 0.118. The topological polar surface area (TPSA) is 135 Å². The molecule has 0 saturated carbocycles. The summed E-state index contributed by atoms with van der Waals surface area (Å²) in [5, 5.41) is 4.08. The third-order valence-corrected chi connectivity index (χ3v) is 7.82. The minimum absolute atomic E-state index is 0.0174. The maximum absolute atomic E-state index is 12.4. The molecule has 3 aromatic rings. The smallest absolute Gasteiger partial charge is 0.250 e. The average molecular weight is 456 g/mol. The van der Waals surface area contributed by atoms with Gasteiger partial charge in [-0.25, -0.2) is 26.3 Å². The minimum atomic E-state index is -3.83. The zero-order chi connectivity index (χ0) is 20.9. The molecule has 12 heteroatoms. The van der Waals surface area contributed by atoms with Gasteiger partial charge in [-0.05, 0) is 41.8 Å². The Morgan fingerprint density at radius 3 is 2.48 bits per heavy atom. The Hall–Kier alpha value is -2.51. The number of anilines is 1. The van der Waals surface area contributed by atoms with Crippen molar-refractivity contribution in [1.29, 1.82) is 0 Å². The summed E-state index contributed by atoms with van der Waals surface area (Å²) in [5.41, 5.74) is 0.214. The summed E-state index contributed by atoms with van der Waals surface area (Å²) >= 11 is 1.03. The van der Waals surface area contributed by atoms with E-state index >= 15 is 0 Å². The third-order valence-electron chi connectivity index (χ3n) is 3.63. The SMILES string of the molecule is O=C(CNS(=O)(=O)c1cccs1)Nc1cccc(S(=O)(=O)NCc2ccco2)c1. The van der Waals surface area contributed by atoms with E-state index in [0.717, 1.165) is 11.3 Å². The van der Waals surface area contributed by atoms with Gasteiger partial charge in [-0.3, -0.25) is 4.79 Å². The first-order chi connectivity index (χ1) is 13.8. The number of hydrogen-bond acceptors (Lipinski definition) is 7. The van der Waals surface area contributed by atoms with E-state index in [9.17, 15) is 21.6 Å². The van der Waals surface area contributed by atoms with Crippen LogP contribution < -0.4 is 14.8 Å². The first-order valence-corrected chi connectivity index (χ1v) is 12.1. The molecular formula is C17H17N3O6S3. The lowest BCUT2D eigenvalue weighted by Gasteiger charge is -2.09. The Kier molecular flexibility index (Phi) is 6.49. The van der Waals surface area contributed by atoms with E-state index in [1.165, 1.54) is 36.6 Å². The van der Waals surface area contributed by atoms with E-state index in [4.69, 9.17) is 4.42 Å². The number of thiophene rings is 1. The van der Waals surface area contributed by atoms with Crippen LogP contribution in [-0.2, 0) is 31.4 Å². The highest BCUT2D eigenvalue weighted by molar-refractivity contribution is 7.91. The molecule has 154 valence electrons. The molecule has 0 aliphatic carbocycles. The average Bonchev–Trinajstić information content (AvgIpc) is 3.39. The van der Waals surface area contributed by atoms with Crippen LogP contribution >= 0.6 is 11.3 Å². The molecule has 2 heterocycles. The van der Waals surface area contributed by atoms with E-state index in [0.29, 0.717) is 5.76 Å². The normalized spacial score (nSPS) is 12.0. The second kappa shape index (κ2) is 8.88. The molecule has 0 atom stereocenters. The predicted molar refractivity (Wildman–Crippen MR) is 107 cm³/mol. The van der Waals surface area contributed by atoms with Gasteiger partial charge in [-0.2, -0.15) is 0 Å². The lowest BCUT2D eigenvalue weighted by atomic mass is 10.3. The number of rotatable bonds is 9. The lowest BCUT2D eigenvalue weighted by molar-refractivity contribution is -0.115. The highest BCUT2D eigenvalue weighted by Crippen LogP contribution is 2.17. The van der Waals surface area contributed by atoms with Gasteiger partial charge in [0.1, 0.15) is 9.97 Å². The van der Waals surface area contributed by atoms with Crippen molar-refractivity contribution in [3.8, 4) is 0 Å². The number of sulfonamides is 2. The molecule has 0 fully saturated rings. The summed E-state index contributed by atoms with van der Waals surface area (Å²) in [4.78, 5) is 12.0. The molecule has 9 nitrogen and oxygen atoms in total. The molecule has 0 aliphatic heterocycles. The summed E-state index contributed by atoms with van der Waals surface area (Å²) in [6, 6.07) is 11.9. The van der Waals surface area contributed by atoms with Crippen LogP contribution in [0.4, 0.5) is 5.69 Å². The van der Waals surface area contributed by atoms with Gasteiger partial charge >= 0.3 is 0 Å². The van der Waals surface area contributed by atoms with Crippen LogP contribution in [0, 0.1) is 0 Å². The monoisotopic (exact) mass is 455 g/mol. The number of hydrogen-bond donors (Lipinski definition) is 3. The van der Waals surface area contributed by atoms with Gasteiger partial charge in [0.2, 0.25) is 15.9 Å². The molecule has 2 aromatic heterocycles. The number of carbonyl (C=O) groups excluding carboxylic acids is 1. The van der Waals surface area contributed by atoms with E-state index in [1.54, 1.807) is 23.6 Å². The van der Waals surface area contributed by atoms with Gasteiger partial charge in [-0.15, -0.1) is 11.3 Å². The molecule has 0 spiro atoms. The van der Waals surface area contributed by atoms with Gasteiger partial charge in [0.15, 0.2) is 0 Å². The third kappa shape index (κ3) is 5.74. The van der Waals surface area contributed by atoms with Crippen molar-refractivity contribution in [2.75, 3.05) is 11.9 Å². The van der Waals surface area contributed by atoms with Crippen LogP contribution in [-0.4, -0.2) is 29.3 Å². The van der Waals surface area contributed by atoms with Crippen molar-refractivity contribution in [3.05, 3.63) is 65.9 Å². The molecule has 0 unspecified atom stereocenters. The molecule has 0 saturated heterocycles. The van der Waals surface area contributed by atoms with E-state index in [2.05, 4.69) is 14.8 Å². The molecule has 0 bridgehead atoms. The van der Waals surface area contributed by atoms with Crippen LogP contribution in [0.5, 0.6) is 0 Å². The first kappa shape index (κ1) is 21.2. The Morgan fingerprint density at radius 2 is 1.79 bits per heavy atom. The summed E-state index contributed by atoms with van der Waals surface area (Å²) in [5.74, 6) is -0.181. The highest BCUT2D eigenvalue weighted by atomic mass is 32.2. The molecular weight excluding hydrogens is 438 g/mol. The quantitative estimate of drug-likeness (QED) is 0.450. The number of furan rings is 1. The Bertz CT molecular complexity index is 1170. The van der Waals surface area contributed by atoms with Crippen molar-refractivity contribution in [2.45, 2.75) is 15.6 Å². The maximum atomic E-state index is 12.4. The van der Waals surface area contributed by atoms with Crippen molar-refractivity contribution in [3.63, 3.8) is 0 Å². The number of nitrogens with one attached hydrogen (secondary N) is 3. The molecule has 29 heavy (non-hydrogen) atoms. The van der Waals surface area contributed by atoms with Crippen LogP contribution in [0.3, 0.4) is 0 Å². The van der Waals surface area contributed by atoms with Crippen molar-refractivity contribution in [1.82, 2.24) is 9.44 Å². The number of amides is 1. The van der Waals surface area contributed by atoms with Crippen LogP contribution in [0.2, 0.25) is 0 Å². The maximum Gasteiger partial charge on any atom is 0.250 e. The van der Waals surface area contributed by atoms with E-state index in [-0.39, 0.29) is 21.3 Å². The van der Waals surface area contributed by atoms with Crippen molar-refractivity contribution in [2.24, 2.45) is 0 Å². The molecule has 0 radical (unpaired) electrons. The summed E-state index contributed by atoms with van der Waals surface area (Å²) in [6.07, 6.45) is 1.44. The fourth-order valence-electron chi connectivity index (χ4n) is 2.26. The van der Waals surface area contributed by atoms with Crippen molar-refractivity contribution < 1.29 is 26.0 Å². The van der Waals surface area contributed by atoms with E-state index < -0.39 is 32.5 Å². The van der Waals surface area contributed by atoms with Crippen molar-refractivity contribution >= 4 is 43.0 Å². The van der Waals surface area contributed by atoms with Gasteiger partial charge in [0.25, 0.3) is 10.0 Å². The second-order valence-corrected chi connectivity index (χ2v) is 10.4. The van der Waals surface area contributed by atoms with Gasteiger partial charge in [0.05, 0.1) is 24.2 Å².